The van der Waals surface area contributed by atoms with E-state index < -0.39 is 32.7 Å². The molecule has 0 saturated carbocycles. The summed E-state index contributed by atoms with van der Waals surface area (Å²) >= 11 is 0. The van der Waals surface area contributed by atoms with Gasteiger partial charge in [0.25, 0.3) is 0 Å². The number of nitrogens with zero attached hydrogens (tertiary/aromatic N) is 1. The summed E-state index contributed by atoms with van der Waals surface area (Å²) in [6, 6.07) is -1.07. The third-order valence-corrected chi connectivity index (χ3v) is 13.4. The lowest BCUT2D eigenvalue weighted by molar-refractivity contribution is -0.870. The van der Waals surface area contributed by atoms with Crippen molar-refractivity contribution in [3.63, 3.8) is 0 Å². The highest BCUT2D eigenvalue weighted by Gasteiger charge is 2.31. The fraction of sp³-hybridized carbons (Fsp3) is 0.646. The van der Waals surface area contributed by atoms with Crippen molar-refractivity contribution in [2.24, 2.45) is 0 Å². The number of unbranched alkanes of at least 4 members (excludes halogenated alkanes) is 16. The highest BCUT2D eigenvalue weighted by molar-refractivity contribution is 7.47. The number of allylic oxidation sites excluding steroid dienone is 22. The second kappa shape index (κ2) is 54.0. The lowest BCUT2D eigenvalue weighted by Gasteiger charge is -2.28. The summed E-state index contributed by atoms with van der Waals surface area (Å²) in [4.78, 5) is 23.3. The molecule has 4 N–H and O–H groups in total. The van der Waals surface area contributed by atoms with Gasteiger partial charge in [-0.3, -0.25) is 13.8 Å². The Balaban J connectivity index is 4.15. The number of rotatable bonds is 52. The molecule has 75 heavy (non-hydrogen) atoms. The van der Waals surface area contributed by atoms with Gasteiger partial charge in [0.15, 0.2) is 0 Å². The van der Waals surface area contributed by atoms with Crippen molar-refractivity contribution in [1.82, 2.24) is 5.32 Å². The second-order valence-electron chi connectivity index (χ2n) is 20.8. The molecule has 1 amide bonds. The molecule has 0 bridgehead atoms. The molecule has 0 fully saturated rings. The Hall–Kier alpha value is -3.40. The molecule has 0 spiro atoms. The maximum atomic E-state index is 13.0. The van der Waals surface area contributed by atoms with E-state index in [4.69, 9.17) is 9.05 Å². The van der Waals surface area contributed by atoms with Gasteiger partial charge in [0, 0.05) is 6.42 Å². The number of hydrogen-bond donors (Lipinski definition) is 4. The van der Waals surface area contributed by atoms with Gasteiger partial charge in [0.05, 0.1) is 39.9 Å². The lowest BCUT2D eigenvalue weighted by Crippen LogP contribution is -2.51. The molecule has 0 aliphatic heterocycles. The van der Waals surface area contributed by atoms with E-state index in [-0.39, 0.29) is 18.9 Å². The zero-order chi connectivity index (χ0) is 55.0. The third kappa shape index (κ3) is 55.2. The number of aliphatic hydroxyl groups excluding tert-OH is 2. The summed E-state index contributed by atoms with van der Waals surface area (Å²) in [5.74, 6) is -0.282. The molecule has 0 heterocycles. The number of nitrogens with one attached hydrogen (secondary N) is 1. The Labute approximate surface area is 460 Å². The van der Waals surface area contributed by atoms with E-state index >= 15 is 0 Å². The third-order valence-electron chi connectivity index (χ3n) is 12.5. The van der Waals surface area contributed by atoms with Gasteiger partial charge in [0.1, 0.15) is 19.3 Å². The van der Waals surface area contributed by atoms with Crippen molar-refractivity contribution in [1.29, 1.82) is 0 Å². The molecule has 9 nitrogen and oxygen atoms in total. The topological polar surface area (TPSA) is 125 Å². The Bertz CT molecular complexity index is 1700. The van der Waals surface area contributed by atoms with Crippen LogP contribution in [0.25, 0.3) is 0 Å². The van der Waals surface area contributed by atoms with Gasteiger partial charge in [-0.2, -0.15) is 0 Å². The highest BCUT2D eigenvalue weighted by Crippen LogP contribution is 2.43. The Morgan fingerprint density at radius 1 is 0.480 bits per heavy atom. The number of phosphoric acid groups is 1. The first kappa shape index (κ1) is 71.6. The predicted molar refractivity (Wildman–Crippen MR) is 324 cm³/mol. The van der Waals surface area contributed by atoms with Crippen LogP contribution in [0.5, 0.6) is 0 Å². The summed E-state index contributed by atoms with van der Waals surface area (Å²) < 4.78 is 23.6. The second-order valence-corrected chi connectivity index (χ2v) is 22.2. The zero-order valence-electron chi connectivity index (χ0n) is 48.3. The fourth-order valence-corrected chi connectivity index (χ4v) is 8.53. The van der Waals surface area contributed by atoms with Gasteiger partial charge in [-0.15, -0.1) is 0 Å². The molecule has 10 heteroatoms. The summed E-state index contributed by atoms with van der Waals surface area (Å²) in [7, 11) is 1.39. The van der Waals surface area contributed by atoms with Gasteiger partial charge in [-0.1, -0.05) is 218 Å². The van der Waals surface area contributed by atoms with E-state index in [2.05, 4.69) is 153 Å². The standard InChI is InChI=1S/C65H111N2O7P/c1-6-8-10-12-14-16-18-20-21-22-23-24-25-26-27-28-29-30-31-32-33-34-35-36-37-38-39-40-41-42-43-44-45-46-48-50-52-54-56-58-64(69)66-62(61-74-75(71,72)73-60-59-67(3,4)5)65(70)63(68)57-55-53-51-49-47-19-17-15-13-11-9-7-2/h8,10,14-17,20-21,23-24,26-27,29-30,32-33,35-36,38-39,49,51,62-63,65,68,70H,6-7,9,11-13,18-19,22,25,28,31,34,37,40-48,50,52-61H2,1-5H3,(H-,66,69,71,72)/p+1/b10-8-,16-14-,17-15+,21-20-,24-23-,27-26-,30-29-,33-32-,36-35-,39-38-,51-49+. The molecular weight excluding hydrogens is 952 g/mol. The Morgan fingerprint density at radius 2 is 0.840 bits per heavy atom. The summed E-state index contributed by atoms with van der Waals surface area (Å²) in [5.41, 5.74) is 0. The molecule has 0 radical (unpaired) electrons. The fourth-order valence-electron chi connectivity index (χ4n) is 7.80. The first-order valence-electron chi connectivity index (χ1n) is 29.6. The first-order valence-corrected chi connectivity index (χ1v) is 31.1. The smallest absolute Gasteiger partial charge is 0.390 e. The molecule has 4 unspecified atom stereocenters. The van der Waals surface area contributed by atoms with E-state index in [0.717, 1.165) is 109 Å². The minimum absolute atomic E-state index is 0.00700. The number of amides is 1. The molecule has 4 atom stereocenters. The quantitative estimate of drug-likeness (QED) is 0.0207. The van der Waals surface area contributed by atoms with Crippen LogP contribution in [-0.2, 0) is 18.4 Å². The molecule has 0 rings (SSSR count). The van der Waals surface area contributed by atoms with Crippen molar-refractivity contribution >= 4 is 13.7 Å². The average Bonchev–Trinajstić information content (AvgIpc) is 3.37. The lowest BCUT2D eigenvalue weighted by atomic mass is 10.0. The molecule has 0 aromatic heterocycles. The predicted octanol–water partition coefficient (Wildman–Crippen LogP) is 17.3. The van der Waals surface area contributed by atoms with Crippen LogP contribution in [0.4, 0.5) is 0 Å². The summed E-state index contributed by atoms with van der Waals surface area (Å²) in [5, 5.41) is 24.7. The number of carbonyl (C=O) groups is 1. The van der Waals surface area contributed by atoms with Crippen LogP contribution < -0.4 is 5.32 Å². The van der Waals surface area contributed by atoms with Crippen LogP contribution in [0.15, 0.2) is 134 Å². The molecule has 0 aliphatic carbocycles. The number of hydrogen-bond acceptors (Lipinski definition) is 6. The number of phosphoric ester groups is 1. The van der Waals surface area contributed by atoms with Crippen LogP contribution >= 0.6 is 7.82 Å². The average molecular weight is 1060 g/mol. The maximum Gasteiger partial charge on any atom is 0.472 e. The number of quaternary nitrogens is 1. The molecular formula is C65H112N2O7P+. The van der Waals surface area contributed by atoms with Crippen molar-refractivity contribution in [2.45, 2.75) is 231 Å². The summed E-state index contributed by atoms with van der Waals surface area (Å²) in [6.45, 7) is 4.41. The molecule has 0 aromatic rings. The van der Waals surface area contributed by atoms with Gasteiger partial charge in [0.2, 0.25) is 5.91 Å². The van der Waals surface area contributed by atoms with Crippen molar-refractivity contribution in [2.75, 3.05) is 40.9 Å². The van der Waals surface area contributed by atoms with Crippen molar-refractivity contribution in [3.8, 4) is 0 Å². The van der Waals surface area contributed by atoms with E-state index in [1.165, 1.54) is 64.2 Å². The molecule has 428 valence electrons. The van der Waals surface area contributed by atoms with Gasteiger partial charge in [-0.05, 0) is 122 Å². The van der Waals surface area contributed by atoms with E-state index in [0.29, 0.717) is 30.3 Å². The Kier molecular flexibility index (Phi) is 51.5. The van der Waals surface area contributed by atoms with Crippen LogP contribution in [0.2, 0.25) is 0 Å². The minimum atomic E-state index is -4.44. The number of carbonyl (C=O) groups excluding carboxylic acids is 1. The SMILES string of the molecule is CC/C=C\C/C=C\C/C=C\C/C=C\C/C=C\C/C=C\C/C=C\C/C=C\C/C=C\CCCCCCCCCCCCCC(=O)NC(COP(=O)(O)OCC[N+](C)(C)C)C(O)C(O)CCC/C=C/CC/C=C/CCCCC. The van der Waals surface area contributed by atoms with Crippen molar-refractivity contribution < 1.29 is 38.0 Å². The maximum absolute atomic E-state index is 13.0. The van der Waals surface area contributed by atoms with Crippen LogP contribution in [-0.4, -0.2) is 84.6 Å². The van der Waals surface area contributed by atoms with E-state index in [9.17, 15) is 24.5 Å². The first-order chi connectivity index (χ1) is 36.4. The van der Waals surface area contributed by atoms with Crippen LogP contribution in [0, 0.1) is 0 Å². The largest absolute Gasteiger partial charge is 0.472 e. The number of aliphatic hydroxyl groups is 2. The highest BCUT2D eigenvalue weighted by atomic mass is 31.2. The normalized spacial score (nSPS) is 15.3. The van der Waals surface area contributed by atoms with Crippen LogP contribution in [0.3, 0.4) is 0 Å². The van der Waals surface area contributed by atoms with Crippen LogP contribution in [0.1, 0.15) is 213 Å². The monoisotopic (exact) mass is 1060 g/mol. The molecule has 0 saturated heterocycles. The molecule has 0 aliphatic rings. The van der Waals surface area contributed by atoms with E-state index in [1.54, 1.807) is 0 Å². The van der Waals surface area contributed by atoms with Gasteiger partial charge < -0.3 is 24.9 Å². The number of likely N-dealkylation sites (N-methyl/N-ethyl adjacent to an activating group) is 1. The minimum Gasteiger partial charge on any atom is -0.390 e. The summed E-state index contributed by atoms with van der Waals surface area (Å²) in [6.07, 6.45) is 78.4. The van der Waals surface area contributed by atoms with Gasteiger partial charge in [-0.25, -0.2) is 4.57 Å². The Morgan fingerprint density at radius 3 is 1.27 bits per heavy atom. The van der Waals surface area contributed by atoms with Crippen molar-refractivity contribution in [3.05, 3.63) is 134 Å². The van der Waals surface area contributed by atoms with E-state index in [1.807, 2.05) is 21.1 Å². The van der Waals surface area contributed by atoms with Gasteiger partial charge >= 0.3 is 7.82 Å². The molecule has 0 aromatic carbocycles. The zero-order valence-corrected chi connectivity index (χ0v) is 49.2.